The van der Waals surface area contributed by atoms with Crippen molar-refractivity contribution in [3.8, 4) is 0 Å². The maximum Gasteiger partial charge on any atom is 0.231 e. The first-order valence-corrected chi connectivity index (χ1v) is 4.84. The van der Waals surface area contributed by atoms with Gasteiger partial charge in [0, 0.05) is 6.04 Å². The van der Waals surface area contributed by atoms with Gasteiger partial charge in [0.25, 0.3) is 0 Å². The van der Waals surface area contributed by atoms with E-state index in [9.17, 15) is 4.21 Å². The maximum atomic E-state index is 10.3. The molecule has 0 saturated heterocycles. The van der Waals surface area contributed by atoms with Crippen LogP contribution in [0.15, 0.2) is 0 Å². The third-order valence-electron chi connectivity index (χ3n) is 1.96. The van der Waals surface area contributed by atoms with Crippen LogP contribution >= 0.6 is 0 Å². The van der Waals surface area contributed by atoms with Crippen molar-refractivity contribution in [2.24, 2.45) is 0 Å². The summed E-state index contributed by atoms with van der Waals surface area (Å²) in [4.78, 5) is 0. The molecule has 66 valence electrons. The molecular weight excluding hydrogens is 166 g/mol. The van der Waals surface area contributed by atoms with E-state index in [0.717, 1.165) is 25.7 Å². The summed E-state index contributed by atoms with van der Waals surface area (Å²) in [5.74, 6) is 0. The van der Waals surface area contributed by atoms with Gasteiger partial charge in [0.05, 0.1) is 6.10 Å². The molecule has 0 aliphatic heterocycles. The van der Waals surface area contributed by atoms with Crippen LogP contribution in [0.1, 0.15) is 25.7 Å². The second-order valence-corrected chi connectivity index (χ2v) is 3.61. The molecule has 11 heavy (non-hydrogen) atoms. The van der Waals surface area contributed by atoms with Gasteiger partial charge in [0.15, 0.2) is 0 Å². The summed E-state index contributed by atoms with van der Waals surface area (Å²) in [6.07, 6.45) is 2.82. The highest BCUT2D eigenvalue weighted by molar-refractivity contribution is 7.77. The molecule has 1 fully saturated rings. The standard InChI is InChI=1S/C6H13NO3S/c8-6-3-1-5(2-4-6)7-11(9)10/h5-8H,1-4H2,(H,9,10). The average Bonchev–Trinajstić information content (AvgIpc) is 1.93. The molecule has 4 nitrogen and oxygen atoms in total. The number of nitrogens with one attached hydrogen (secondary N) is 1. The lowest BCUT2D eigenvalue weighted by molar-refractivity contribution is 0.120. The summed E-state index contributed by atoms with van der Waals surface area (Å²) < 4.78 is 21.3. The summed E-state index contributed by atoms with van der Waals surface area (Å²) in [7, 11) is 0. The van der Waals surface area contributed by atoms with Crippen LogP contribution in [0.2, 0.25) is 0 Å². The Morgan fingerprint density at radius 3 is 2.27 bits per heavy atom. The van der Waals surface area contributed by atoms with Crippen LogP contribution in [-0.4, -0.2) is 26.0 Å². The van der Waals surface area contributed by atoms with Crippen molar-refractivity contribution in [2.75, 3.05) is 0 Å². The van der Waals surface area contributed by atoms with Gasteiger partial charge in [0.2, 0.25) is 11.3 Å². The number of hydrogen-bond acceptors (Lipinski definition) is 2. The van der Waals surface area contributed by atoms with Crippen molar-refractivity contribution < 1.29 is 13.9 Å². The molecular formula is C6H13NO3S. The van der Waals surface area contributed by atoms with E-state index in [0.29, 0.717) is 0 Å². The minimum Gasteiger partial charge on any atom is -0.393 e. The van der Waals surface area contributed by atoms with Gasteiger partial charge in [-0.2, -0.15) is 0 Å². The number of aliphatic hydroxyl groups is 1. The van der Waals surface area contributed by atoms with Crippen LogP contribution in [0.25, 0.3) is 0 Å². The minimum absolute atomic E-state index is 0.101. The molecule has 0 spiro atoms. The second kappa shape index (κ2) is 4.15. The Balaban J connectivity index is 2.22. The predicted molar refractivity (Wildman–Crippen MR) is 42.2 cm³/mol. The molecule has 1 atom stereocenters. The zero-order chi connectivity index (χ0) is 8.27. The SMILES string of the molecule is O=S(O)NC1CCC(O)CC1. The molecule has 0 aromatic rings. The minimum atomic E-state index is -1.91. The lowest BCUT2D eigenvalue weighted by Gasteiger charge is -2.24. The molecule has 1 unspecified atom stereocenters. The average molecular weight is 179 g/mol. The fourth-order valence-corrected chi connectivity index (χ4v) is 1.86. The molecule has 0 heterocycles. The predicted octanol–water partition coefficient (Wildman–Crippen LogP) is 0.0162. The van der Waals surface area contributed by atoms with Crippen molar-refractivity contribution in [1.82, 2.24) is 4.72 Å². The van der Waals surface area contributed by atoms with E-state index in [4.69, 9.17) is 9.66 Å². The quantitative estimate of drug-likeness (QED) is 0.523. The van der Waals surface area contributed by atoms with E-state index in [1.165, 1.54) is 0 Å². The van der Waals surface area contributed by atoms with E-state index < -0.39 is 11.3 Å². The number of hydrogen-bond donors (Lipinski definition) is 3. The van der Waals surface area contributed by atoms with E-state index >= 15 is 0 Å². The fourth-order valence-electron chi connectivity index (χ4n) is 1.34. The topological polar surface area (TPSA) is 69.6 Å². The van der Waals surface area contributed by atoms with E-state index in [1.807, 2.05) is 0 Å². The highest BCUT2D eigenvalue weighted by Gasteiger charge is 2.19. The van der Waals surface area contributed by atoms with E-state index in [-0.39, 0.29) is 12.1 Å². The van der Waals surface area contributed by atoms with Crippen LogP contribution in [0.5, 0.6) is 0 Å². The first-order valence-electron chi connectivity index (χ1n) is 3.73. The van der Waals surface area contributed by atoms with Gasteiger partial charge in [0.1, 0.15) is 0 Å². The van der Waals surface area contributed by atoms with Crippen molar-refractivity contribution >= 4 is 11.3 Å². The number of rotatable bonds is 2. The summed E-state index contributed by atoms with van der Waals surface area (Å²) in [5.41, 5.74) is 0. The van der Waals surface area contributed by atoms with Gasteiger partial charge in [-0.3, -0.25) is 4.55 Å². The summed E-state index contributed by atoms with van der Waals surface area (Å²) in [6.45, 7) is 0. The Bertz CT molecular complexity index is 145. The zero-order valence-corrected chi connectivity index (χ0v) is 7.01. The summed E-state index contributed by atoms with van der Waals surface area (Å²) in [6, 6.07) is 0.101. The van der Waals surface area contributed by atoms with Crippen LogP contribution in [0.4, 0.5) is 0 Å². The molecule has 3 N–H and O–H groups in total. The van der Waals surface area contributed by atoms with Crippen LogP contribution in [0.3, 0.4) is 0 Å². The van der Waals surface area contributed by atoms with Crippen LogP contribution < -0.4 is 4.72 Å². The van der Waals surface area contributed by atoms with Crippen LogP contribution in [0, 0.1) is 0 Å². The van der Waals surface area contributed by atoms with Crippen molar-refractivity contribution in [3.63, 3.8) is 0 Å². The Morgan fingerprint density at radius 1 is 1.27 bits per heavy atom. The van der Waals surface area contributed by atoms with Gasteiger partial charge in [-0.25, -0.2) is 8.93 Å². The summed E-state index contributed by atoms with van der Waals surface area (Å²) >= 11 is -1.91. The highest BCUT2D eigenvalue weighted by Crippen LogP contribution is 2.18. The van der Waals surface area contributed by atoms with Crippen molar-refractivity contribution in [3.05, 3.63) is 0 Å². The maximum absolute atomic E-state index is 10.3. The molecule has 0 bridgehead atoms. The highest BCUT2D eigenvalue weighted by atomic mass is 32.2. The lowest BCUT2D eigenvalue weighted by Crippen LogP contribution is -2.35. The molecule has 1 aliphatic rings. The van der Waals surface area contributed by atoms with Gasteiger partial charge in [-0.1, -0.05) is 0 Å². The first-order chi connectivity index (χ1) is 5.18. The molecule has 5 heteroatoms. The third kappa shape index (κ3) is 3.29. The van der Waals surface area contributed by atoms with Gasteiger partial charge >= 0.3 is 0 Å². The zero-order valence-electron chi connectivity index (χ0n) is 6.19. The molecule has 1 saturated carbocycles. The number of aliphatic hydroxyl groups excluding tert-OH is 1. The first kappa shape index (κ1) is 9.12. The lowest BCUT2D eigenvalue weighted by atomic mass is 9.94. The fraction of sp³-hybridized carbons (Fsp3) is 1.00. The Kier molecular flexibility index (Phi) is 3.45. The van der Waals surface area contributed by atoms with Gasteiger partial charge in [-0.15, -0.1) is 0 Å². The molecule has 0 aromatic carbocycles. The van der Waals surface area contributed by atoms with E-state index in [2.05, 4.69) is 4.72 Å². The normalized spacial score (nSPS) is 35.1. The third-order valence-corrected chi connectivity index (χ3v) is 2.50. The molecule has 0 amide bonds. The second-order valence-electron chi connectivity index (χ2n) is 2.87. The molecule has 0 aromatic heterocycles. The molecule has 1 rings (SSSR count). The monoisotopic (exact) mass is 179 g/mol. The largest absolute Gasteiger partial charge is 0.393 e. The van der Waals surface area contributed by atoms with Crippen LogP contribution in [-0.2, 0) is 11.3 Å². The van der Waals surface area contributed by atoms with Crippen molar-refractivity contribution in [1.29, 1.82) is 0 Å². The smallest absolute Gasteiger partial charge is 0.231 e. The molecule has 0 radical (unpaired) electrons. The Labute approximate surface area is 68.4 Å². The van der Waals surface area contributed by atoms with Gasteiger partial charge in [-0.05, 0) is 25.7 Å². The van der Waals surface area contributed by atoms with Crippen molar-refractivity contribution in [2.45, 2.75) is 37.8 Å². The molecule has 1 aliphatic carbocycles. The summed E-state index contributed by atoms with van der Waals surface area (Å²) in [5, 5.41) is 9.09. The van der Waals surface area contributed by atoms with E-state index in [1.54, 1.807) is 0 Å². The Morgan fingerprint density at radius 2 is 1.82 bits per heavy atom. The Hall–Kier alpha value is 0.0300. The van der Waals surface area contributed by atoms with Gasteiger partial charge < -0.3 is 5.11 Å².